The Morgan fingerprint density at radius 3 is 2.00 bits per heavy atom. The first-order valence-electron chi connectivity index (χ1n) is 8.22. The summed E-state index contributed by atoms with van der Waals surface area (Å²) >= 11 is 0. The van der Waals surface area contributed by atoms with Crippen LogP contribution in [0.4, 0.5) is 0 Å². The van der Waals surface area contributed by atoms with E-state index in [9.17, 15) is 0 Å². The maximum atomic E-state index is 2.46. The van der Waals surface area contributed by atoms with Gasteiger partial charge in [0.05, 0.1) is 0 Å². The number of hydrogen-bond acceptors (Lipinski definition) is 0. The minimum atomic E-state index is 1.06. The molecule has 3 rings (SSSR count). The van der Waals surface area contributed by atoms with Crippen LogP contribution in [-0.4, -0.2) is 0 Å². The largest absolute Gasteiger partial charge is 0.0654 e. The quantitative estimate of drug-likeness (QED) is 0.580. The summed E-state index contributed by atoms with van der Waals surface area (Å²) in [4.78, 5) is 0. The average molecular weight is 236 g/mol. The van der Waals surface area contributed by atoms with Crippen molar-refractivity contribution < 1.29 is 0 Å². The number of rotatable bonds is 2. The highest BCUT2D eigenvalue weighted by atomic mass is 14.4. The summed E-state index contributed by atoms with van der Waals surface area (Å²) in [6, 6.07) is 0. The van der Waals surface area contributed by atoms with Crippen molar-refractivity contribution in [3.05, 3.63) is 0 Å². The van der Waals surface area contributed by atoms with Crippen molar-refractivity contribution in [2.24, 2.45) is 29.6 Å². The molecular formula is C17H32. The summed E-state index contributed by atoms with van der Waals surface area (Å²) in [6.45, 7) is 7.08. The lowest BCUT2D eigenvalue weighted by Crippen LogP contribution is -2.21. The zero-order valence-electron chi connectivity index (χ0n) is 12.3. The Kier molecular flexibility index (Phi) is 4.94. The fourth-order valence-corrected chi connectivity index (χ4v) is 4.26. The van der Waals surface area contributed by atoms with Crippen LogP contribution >= 0.6 is 0 Å². The molecule has 0 aliphatic heterocycles. The predicted octanol–water partition coefficient (Wildman–Crippen LogP) is 5.67. The lowest BCUT2D eigenvalue weighted by molar-refractivity contribution is 0.197. The third-order valence-corrected chi connectivity index (χ3v) is 5.62. The summed E-state index contributed by atoms with van der Waals surface area (Å²) in [5, 5.41) is 0. The standard InChI is InChI=1S/C10H18.C7H14/c1-8-4-2-5-9-6-3-7-10(8)9;1-3-4-7-5-6(7)2/h8-10H,2-7H2,1H3;6-7H,3-5H2,1-2H3. The van der Waals surface area contributed by atoms with Gasteiger partial charge in [0.1, 0.15) is 0 Å². The van der Waals surface area contributed by atoms with Crippen molar-refractivity contribution in [1.29, 1.82) is 0 Å². The molecule has 17 heavy (non-hydrogen) atoms. The van der Waals surface area contributed by atoms with Crippen molar-refractivity contribution in [3.8, 4) is 0 Å². The molecule has 0 spiro atoms. The zero-order chi connectivity index (χ0) is 12.3. The molecule has 0 bridgehead atoms. The summed E-state index contributed by atoms with van der Waals surface area (Å²) in [5.41, 5.74) is 0. The number of fused-ring (bicyclic) bond motifs is 1. The second-order valence-corrected chi connectivity index (χ2v) is 7.02. The highest BCUT2D eigenvalue weighted by molar-refractivity contribution is 4.84. The minimum absolute atomic E-state index is 1.06. The molecule has 0 aromatic rings. The van der Waals surface area contributed by atoms with Gasteiger partial charge < -0.3 is 0 Å². The molecule has 0 radical (unpaired) electrons. The van der Waals surface area contributed by atoms with Gasteiger partial charge in [-0.05, 0) is 42.4 Å². The minimum Gasteiger partial charge on any atom is -0.0654 e. The molecule has 0 aromatic heterocycles. The molecule has 5 unspecified atom stereocenters. The van der Waals surface area contributed by atoms with Crippen molar-refractivity contribution >= 4 is 0 Å². The van der Waals surface area contributed by atoms with Gasteiger partial charge in [-0.15, -0.1) is 0 Å². The van der Waals surface area contributed by atoms with Crippen molar-refractivity contribution in [3.63, 3.8) is 0 Å². The molecule has 0 heteroatoms. The van der Waals surface area contributed by atoms with Gasteiger partial charge in [-0.25, -0.2) is 0 Å². The van der Waals surface area contributed by atoms with Gasteiger partial charge >= 0.3 is 0 Å². The van der Waals surface area contributed by atoms with Gasteiger partial charge in [-0.3, -0.25) is 0 Å². The van der Waals surface area contributed by atoms with E-state index < -0.39 is 0 Å². The Labute approximate surface area is 109 Å². The first-order chi connectivity index (χ1) is 8.22. The normalized spacial score (nSPS) is 43.6. The number of hydrogen-bond donors (Lipinski definition) is 0. The fraction of sp³-hybridized carbons (Fsp3) is 1.00. The van der Waals surface area contributed by atoms with E-state index >= 15 is 0 Å². The second-order valence-electron chi connectivity index (χ2n) is 7.02. The van der Waals surface area contributed by atoms with Crippen LogP contribution < -0.4 is 0 Å². The van der Waals surface area contributed by atoms with Crippen molar-refractivity contribution in [2.45, 2.75) is 78.6 Å². The van der Waals surface area contributed by atoms with Crippen LogP contribution in [0.25, 0.3) is 0 Å². The van der Waals surface area contributed by atoms with Gasteiger partial charge in [0.2, 0.25) is 0 Å². The molecule has 3 aliphatic rings. The Bertz CT molecular complexity index is 220. The molecule has 100 valence electrons. The lowest BCUT2D eigenvalue weighted by atomic mass is 9.75. The fourth-order valence-electron chi connectivity index (χ4n) is 4.26. The molecule has 0 heterocycles. The maximum Gasteiger partial charge on any atom is -0.0360 e. The first-order valence-corrected chi connectivity index (χ1v) is 8.22. The highest BCUT2D eigenvalue weighted by Gasteiger charge is 2.33. The highest BCUT2D eigenvalue weighted by Crippen LogP contribution is 2.45. The third-order valence-electron chi connectivity index (χ3n) is 5.62. The average Bonchev–Trinajstić information content (AvgIpc) is 2.83. The molecule has 0 nitrogen and oxygen atoms in total. The van der Waals surface area contributed by atoms with Gasteiger partial charge in [0.25, 0.3) is 0 Å². The molecule has 5 atom stereocenters. The van der Waals surface area contributed by atoms with Crippen LogP contribution in [0.5, 0.6) is 0 Å². The van der Waals surface area contributed by atoms with E-state index in [1.807, 2.05) is 0 Å². The van der Waals surface area contributed by atoms with Gasteiger partial charge in [0, 0.05) is 0 Å². The van der Waals surface area contributed by atoms with E-state index in [4.69, 9.17) is 0 Å². The Balaban J connectivity index is 0.000000136. The van der Waals surface area contributed by atoms with Gasteiger partial charge in [-0.1, -0.05) is 65.7 Å². The lowest BCUT2D eigenvalue weighted by Gasteiger charge is -2.31. The van der Waals surface area contributed by atoms with Gasteiger partial charge in [0.15, 0.2) is 0 Å². The van der Waals surface area contributed by atoms with Crippen molar-refractivity contribution in [2.75, 3.05) is 0 Å². The van der Waals surface area contributed by atoms with Crippen LogP contribution in [0, 0.1) is 29.6 Å². The second kappa shape index (κ2) is 6.25. The molecule has 3 aliphatic carbocycles. The van der Waals surface area contributed by atoms with E-state index in [0.29, 0.717) is 0 Å². The Morgan fingerprint density at radius 2 is 1.53 bits per heavy atom. The topological polar surface area (TPSA) is 0 Å². The van der Waals surface area contributed by atoms with E-state index in [-0.39, 0.29) is 0 Å². The summed E-state index contributed by atoms with van der Waals surface area (Å²) < 4.78 is 0. The van der Waals surface area contributed by atoms with Crippen LogP contribution in [0.2, 0.25) is 0 Å². The van der Waals surface area contributed by atoms with Crippen LogP contribution in [0.1, 0.15) is 78.6 Å². The molecule has 0 N–H and O–H groups in total. The van der Waals surface area contributed by atoms with Crippen LogP contribution in [0.15, 0.2) is 0 Å². The predicted molar refractivity (Wildman–Crippen MR) is 76.0 cm³/mol. The molecule has 0 amide bonds. The van der Waals surface area contributed by atoms with Crippen LogP contribution in [0.3, 0.4) is 0 Å². The summed E-state index contributed by atoms with van der Waals surface area (Å²) in [5.74, 6) is 5.52. The molecule has 3 saturated carbocycles. The summed E-state index contributed by atoms with van der Waals surface area (Å²) in [6.07, 6.45) is 13.6. The van der Waals surface area contributed by atoms with E-state index in [1.165, 1.54) is 38.5 Å². The third kappa shape index (κ3) is 3.73. The SMILES string of the molecule is CC1CCCC2CCCC12.CCCC1CC1C. The molecule has 0 saturated heterocycles. The van der Waals surface area contributed by atoms with Gasteiger partial charge in [-0.2, -0.15) is 0 Å². The van der Waals surface area contributed by atoms with E-state index in [0.717, 1.165) is 29.6 Å². The molecule has 0 aromatic carbocycles. The molecular weight excluding hydrogens is 204 g/mol. The summed E-state index contributed by atoms with van der Waals surface area (Å²) in [7, 11) is 0. The smallest absolute Gasteiger partial charge is 0.0360 e. The van der Waals surface area contributed by atoms with Crippen molar-refractivity contribution in [1.82, 2.24) is 0 Å². The first kappa shape index (κ1) is 13.4. The van der Waals surface area contributed by atoms with E-state index in [2.05, 4.69) is 20.8 Å². The zero-order valence-corrected chi connectivity index (χ0v) is 12.3. The molecule has 3 fully saturated rings. The van der Waals surface area contributed by atoms with Crippen LogP contribution in [-0.2, 0) is 0 Å². The van der Waals surface area contributed by atoms with E-state index in [1.54, 1.807) is 19.3 Å². The Morgan fingerprint density at radius 1 is 0.882 bits per heavy atom. The Hall–Kier alpha value is 0. The monoisotopic (exact) mass is 236 g/mol. The maximum absolute atomic E-state index is 2.46.